The van der Waals surface area contributed by atoms with E-state index in [1.165, 1.54) is 44.6 Å². The quantitative estimate of drug-likeness (QED) is 0.184. The number of hydrogen-bond acceptors (Lipinski definition) is 4. The van der Waals surface area contributed by atoms with Crippen molar-refractivity contribution in [3.05, 3.63) is 121 Å². The highest BCUT2D eigenvalue weighted by Crippen LogP contribution is 2.26. The van der Waals surface area contributed by atoms with Gasteiger partial charge >= 0.3 is 0 Å². The van der Waals surface area contributed by atoms with Gasteiger partial charge in [-0.15, -0.1) is 6.42 Å². The first kappa shape index (κ1) is 57.2. The number of aryl methyl sites for hydroxylation is 1. The molecule has 51 heavy (non-hydrogen) atoms. The van der Waals surface area contributed by atoms with Crippen molar-refractivity contribution < 1.29 is 22.0 Å². The van der Waals surface area contributed by atoms with Crippen LogP contribution in [0.25, 0.3) is 0 Å². The van der Waals surface area contributed by atoms with Crippen LogP contribution >= 0.6 is 0 Å². The lowest BCUT2D eigenvalue weighted by molar-refractivity contribution is -0.113. The van der Waals surface area contributed by atoms with Gasteiger partial charge in [0.05, 0.1) is 0 Å². The van der Waals surface area contributed by atoms with Crippen molar-refractivity contribution in [1.29, 1.82) is 0 Å². The molecular formula is C47H77O4. The van der Waals surface area contributed by atoms with E-state index in [0.717, 1.165) is 42.1 Å². The normalized spacial score (nSPS) is 11.8. The summed E-state index contributed by atoms with van der Waals surface area (Å²) in [6, 6.07) is 16.6. The lowest BCUT2D eigenvalue weighted by Gasteiger charge is -2.25. The number of ketones is 1. The molecule has 0 aromatic heterocycles. The van der Waals surface area contributed by atoms with Crippen LogP contribution in [0.1, 0.15) is 106 Å². The summed E-state index contributed by atoms with van der Waals surface area (Å²) in [6.07, 6.45) is 14.3. The number of Topliss-reactive ketones (excluding diaryl/α,β-unsaturated/α-hetero) is 1. The molecule has 0 amide bonds. The largest absolute Gasteiger partial charge is 0.481 e. The van der Waals surface area contributed by atoms with E-state index >= 15 is 0 Å². The maximum Gasteiger partial charge on any atom is 0.148 e. The average molecular weight is 706 g/mol. The van der Waals surface area contributed by atoms with Crippen molar-refractivity contribution in [3.8, 4) is 18.1 Å². The second kappa shape index (κ2) is 41.2. The maximum absolute atomic E-state index is 9.33. The van der Waals surface area contributed by atoms with Gasteiger partial charge in [0.1, 0.15) is 31.7 Å². The Morgan fingerprint density at radius 3 is 1.82 bits per heavy atom. The molecule has 0 saturated heterocycles. The standard InChI is InChI=1S/C15H23.C11H11O.C11H19.C5H12.C3H5O.2CH2O.H2.H/c1-4-5-9-13(2)14(3)12-15-10-7-6-8-11-15;1-4-7-12-11-8-9(2)5-6-10(11)3;1-6-8-11(9(3)4)10(5)7-2;1-4-5(2)3;1-3(2)4;2*1-2;;/h6-8,10-11,13-14H,2,4-5,9,12H2,1,3H3;1,5-6,8H,3,7H2,2H3;9-11H,1-8H2;5H,4H2,1-3H3;1H2,2H3;2*1H2;1H;. The van der Waals surface area contributed by atoms with Gasteiger partial charge in [-0.05, 0) is 120 Å². The molecule has 4 heteroatoms. The lowest BCUT2D eigenvalue weighted by Crippen LogP contribution is -2.17. The van der Waals surface area contributed by atoms with Gasteiger partial charge in [-0.1, -0.05) is 135 Å². The third kappa shape index (κ3) is 39.5. The Morgan fingerprint density at radius 2 is 1.43 bits per heavy atom. The van der Waals surface area contributed by atoms with Crippen LogP contribution in [0.3, 0.4) is 0 Å². The van der Waals surface area contributed by atoms with E-state index in [2.05, 4.69) is 126 Å². The van der Waals surface area contributed by atoms with Gasteiger partial charge in [0, 0.05) is 9.78 Å². The molecule has 0 spiro atoms. The summed E-state index contributed by atoms with van der Waals surface area (Å²) >= 11 is 0. The molecule has 0 heterocycles. The lowest BCUT2D eigenvalue weighted by atomic mass is 9.80. The van der Waals surface area contributed by atoms with Gasteiger partial charge in [-0.2, -0.15) is 0 Å². The summed E-state index contributed by atoms with van der Waals surface area (Å²) < 4.78 is 5.27. The number of benzene rings is 2. The number of terminal acetylenes is 1. The number of carbonyl (C=O) groups excluding carboxylic acids is 3. The van der Waals surface area contributed by atoms with E-state index in [-0.39, 0.29) is 14.6 Å². The van der Waals surface area contributed by atoms with E-state index in [4.69, 9.17) is 20.7 Å². The Labute approximate surface area is 321 Å². The summed E-state index contributed by atoms with van der Waals surface area (Å²) in [6.45, 7) is 49.5. The van der Waals surface area contributed by atoms with Crippen LogP contribution < -0.4 is 4.74 Å². The minimum atomic E-state index is -0.0833. The molecule has 4 unspecified atom stereocenters. The number of unbranched alkanes of at least 4 members (excludes halogenated alkanes) is 1. The fourth-order valence-corrected chi connectivity index (χ4v) is 4.13. The molecule has 2 aromatic rings. The second-order valence-corrected chi connectivity index (χ2v) is 12.8. The van der Waals surface area contributed by atoms with Gasteiger partial charge in [0.2, 0.25) is 0 Å². The molecule has 0 fully saturated rings. The SMILES string of the molecule is C#CCOc1cc(C)ccc1[CH2].C=O.C=O.CCC(C)C.[CH2]C(C)=O.[CH2]C(CCCC)C(C)Cc1ccccc1.[CH2]CCC(C([CH2])[CH2])C([CH2])C[CH2].[HH].[H]. The highest BCUT2D eigenvalue weighted by molar-refractivity contribution is 5.79. The Bertz CT molecular complexity index is 1060. The minimum absolute atomic E-state index is 0. The van der Waals surface area contributed by atoms with Gasteiger partial charge in [-0.25, -0.2) is 0 Å². The molecular weight excluding hydrogens is 629 g/mol. The molecule has 0 N–H and O–H groups in total. The predicted octanol–water partition coefficient (Wildman–Crippen LogP) is 12.3. The van der Waals surface area contributed by atoms with Gasteiger partial charge in [-0.3, -0.25) is 0 Å². The van der Waals surface area contributed by atoms with Crippen molar-refractivity contribution in [1.82, 2.24) is 0 Å². The zero-order valence-electron chi connectivity index (χ0n) is 34.7. The first-order valence-electron chi connectivity index (χ1n) is 17.9. The highest BCUT2D eigenvalue weighted by Gasteiger charge is 2.18. The van der Waals surface area contributed by atoms with Crippen molar-refractivity contribution in [2.75, 3.05) is 6.61 Å². The topological polar surface area (TPSA) is 60.4 Å². The van der Waals surface area contributed by atoms with Crippen LogP contribution in [0.2, 0.25) is 0 Å². The summed E-state index contributed by atoms with van der Waals surface area (Å²) in [5, 5.41) is 0. The Balaban J connectivity index is -0.000000102. The molecule has 2 aromatic carbocycles. The zero-order valence-corrected chi connectivity index (χ0v) is 33.7. The smallest absolute Gasteiger partial charge is 0.148 e. The summed E-state index contributed by atoms with van der Waals surface area (Å²) in [4.78, 5) is 25.3. The van der Waals surface area contributed by atoms with Crippen LogP contribution in [0, 0.1) is 110 Å². The van der Waals surface area contributed by atoms with Crippen LogP contribution in [-0.4, -0.2) is 26.0 Å². The molecule has 4 atom stereocenters. The van der Waals surface area contributed by atoms with Crippen LogP contribution in [0.5, 0.6) is 5.75 Å². The van der Waals surface area contributed by atoms with E-state index in [1.807, 2.05) is 38.7 Å². The molecule has 0 aliphatic carbocycles. The van der Waals surface area contributed by atoms with E-state index in [1.54, 1.807) is 0 Å². The van der Waals surface area contributed by atoms with Crippen molar-refractivity contribution in [2.24, 2.45) is 35.5 Å². The molecule has 2 rings (SSSR count). The molecule has 0 saturated carbocycles. The van der Waals surface area contributed by atoms with E-state index in [9.17, 15) is 4.79 Å². The summed E-state index contributed by atoms with van der Waals surface area (Å²) in [7, 11) is 0. The van der Waals surface area contributed by atoms with Gasteiger partial charge < -0.3 is 19.1 Å². The molecule has 4 nitrogen and oxygen atoms in total. The highest BCUT2D eigenvalue weighted by atomic mass is 16.5. The average Bonchev–Trinajstić information content (AvgIpc) is 3.12. The number of hydrogen-bond donors (Lipinski definition) is 0. The first-order chi connectivity index (χ1) is 24.1. The number of rotatable bonds is 14. The Morgan fingerprint density at radius 1 is 0.922 bits per heavy atom. The molecule has 0 bridgehead atoms. The van der Waals surface area contributed by atoms with E-state index in [0.29, 0.717) is 30.3 Å². The molecule has 0 aliphatic rings. The summed E-state index contributed by atoms with van der Waals surface area (Å²) in [5.41, 5.74) is 3.46. The first-order valence-corrected chi connectivity index (χ1v) is 17.9. The zero-order chi connectivity index (χ0) is 40.8. The summed E-state index contributed by atoms with van der Waals surface area (Å²) in [5.74, 6) is 6.38. The van der Waals surface area contributed by atoms with Crippen LogP contribution in [-0.2, 0) is 20.8 Å². The molecule has 289 valence electrons. The predicted molar refractivity (Wildman–Crippen MR) is 227 cm³/mol. The fourth-order valence-electron chi connectivity index (χ4n) is 4.13. The van der Waals surface area contributed by atoms with Crippen LogP contribution in [0.15, 0.2) is 48.5 Å². The van der Waals surface area contributed by atoms with Gasteiger partial charge in [0.15, 0.2) is 0 Å². The number of ether oxygens (including phenoxy) is 1. The third-order valence-electron chi connectivity index (χ3n) is 7.60. The fraction of sp³-hybridized carbons (Fsp3) is 0.468. The Hall–Kier alpha value is -3.19. The second-order valence-electron chi connectivity index (χ2n) is 12.8. The minimum Gasteiger partial charge on any atom is -0.481 e. The van der Waals surface area contributed by atoms with Crippen molar-refractivity contribution in [2.45, 2.75) is 99.8 Å². The van der Waals surface area contributed by atoms with E-state index < -0.39 is 0 Å². The Kier molecular flexibility index (Phi) is 46.2. The van der Waals surface area contributed by atoms with Crippen molar-refractivity contribution >= 4 is 19.4 Å². The molecule has 9 radical (unpaired) electrons. The van der Waals surface area contributed by atoms with Crippen LogP contribution in [0.4, 0.5) is 0 Å². The van der Waals surface area contributed by atoms with Gasteiger partial charge in [0.25, 0.3) is 0 Å². The number of carbonyl (C=O) groups is 3. The monoisotopic (exact) mass is 706 g/mol. The maximum atomic E-state index is 9.33. The third-order valence-corrected chi connectivity index (χ3v) is 7.60. The molecule has 0 aliphatic heterocycles. The van der Waals surface area contributed by atoms with Crippen molar-refractivity contribution in [3.63, 3.8) is 0 Å².